The summed E-state index contributed by atoms with van der Waals surface area (Å²) in [7, 11) is 2.39. The van der Waals surface area contributed by atoms with Crippen molar-refractivity contribution in [3.8, 4) is 5.75 Å². The van der Waals surface area contributed by atoms with Crippen molar-refractivity contribution in [3.05, 3.63) is 98.5 Å². The van der Waals surface area contributed by atoms with E-state index in [0.717, 1.165) is 41.5 Å². The van der Waals surface area contributed by atoms with Crippen molar-refractivity contribution < 1.29 is 33.3 Å². The molecule has 0 bridgehead atoms. The molecular weight excluding hydrogens is 576 g/mol. The fourth-order valence-electron chi connectivity index (χ4n) is 5.73. The van der Waals surface area contributed by atoms with Crippen molar-refractivity contribution >= 4 is 18.0 Å². The van der Waals surface area contributed by atoms with Gasteiger partial charge in [0.1, 0.15) is 11.2 Å². The summed E-state index contributed by atoms with van der Waals surface area (Å²) in [6.45, 7) is 7.36. The number of ether oxygens (including phenoxy) is 4. The molecule has 4 rings (SSSR count). The van der Waals surface area contributed by atoms with Crippen LogP contribution in [0.1, 0.15) is 95.6 Å². The van der Waals surface area contributed by atoms with Crippen LogP contribution in [-0.2, 0) is 27.1 Å². The molecule has 0 fully saturated rings. The zero-order valence-corrected chi connectivity index (χ0v) is 26.8. The van der Waals surface area contributed by atoms with Gasteiger partial charge in [0.05, 0.1) is 26.9 Å². The van der Waals surface area contributed by atoms with Crippen molar-refractivity contribution in [2.75, 3.05) is 27.4 Å². The van der Waals surface area contributed by atoms with Crippen LogP contribution in [-0.4, -0.2) is 55.6 Å². The quantitative estimate of drug-likeness (QED) is 0.177. The van der Waals surface area contributed by atoms with E-state index in [-0.39, 0.29) is 30.2 Å². The topological polar surface area (TPSA) is 122 Å². The number of pyridine rings is 1. The number of nitrogens with one attached hydrogen (secondary N) is 1. The van der Waals surface area contributed by atoms with Crippen LogP contribution in [0.5, 0.6) is 5.75 Å². The third-order valence-electron chi connectivity index (χ3n) is 7.76. The molecule has 2 aromatic carbocycles. The number of methoxy groups -OCH3 is 2. The molecule has 1 N–H and O–H groups in total. The monoisotopic (exact) mass is 618 g/mol. The second-order valence-electron chi connectivity index (χ2n) is 12.0. The number of esters is 2. The zero-order valence-electron chi connectivity index (χ0n) is 26.8. The lowest BCUT2D eigenvalue weighted by molar-refractivity contribution is 0.0514. The van der Waals surface area contributed by atoms with Crippen LogP contribution >= 0.6 is 0 Å². The second kappa shape index (κ2) is 14.5. The van der Waals surface area contributed by atoms with E-state index >= 15 is 0 Å². The largest absolute Gasteiger partial charge is 0.487 e. The Morgan fingerprint density at radius 1 is 0.933 bits per heavy atom. The molecule has 1 aromatic heterocycles. The summed E-state index contributed by atoms with van der Waals surface area (Å²) in [4.78, 5) is 53.3. The first-order valence-corrected chi connectivity index (χ1v) is 15.2. The fourth-order valence-corrected chi connectivity index (χ4v) is 5.73. The highest BCUT2D eigenvalue weighted by Gasteiger charge is 2.37. The highest BCUT2D eigenvalue weighted by molar-refractivity contribution is 5.94. The Labute approximate surface area is 263 Å². The molecule has 1 aliphatic carbocycles. The van der Waals surface area contributed by atoms with Crippen LogP contribution in [0.2, 0.25) is 0 Å². The van der Waals surface area contributed by atoms with Crippen molar-refractivity contribution in [2.45, 2.75) is 70.9 Å². The van der Waals surface area contributed by atoms with E-state index in [4.69, 9.17) is 18.9 Å². The SMILES string of the molecule is CCCCOc1c(C(=O)OC)n(C(CNC(=O)OC(C)(C)C)C2c3ccccc3CCc3ccccc32)cc(C(=O)OC)c1=O. The summed E-state index contributed by atoms with van der Waals surface area (Å²) >= 11 is 0. The molecule has 1 atom stereocenters. The Balaban J connectivity index is 2.06. The average molecular weight is 619 g/mol. The molecular formula is C35H42N2O8. The fraction of sp³-hybridized carbons (Fsp3) is 0.429. The minimum atomic E-state index is -0.883. The van der Waals surface area contributed by atoms with Gasteiger partial charge in [-0.3, -0.25) is 4.79 Å². The first-order valence-electron chi connectivity index (χ1n) is 15.2. The lowest BCUT2D eigenvalue weighted by Crippen LogP contribution is -2.40. The predicted octanol–water partition coefficient (Wildman–Crippen LogP) is 5.60. The van der Waals surface area contributed by atoms with E-state index in [1.807, 2.05) is 43.3 Å². The van der Waals surface area contributed by atoms with E-state index in [9.17, 15) is 19.2 Å². The average Bonchev–Trinajstić information content (AvgIpc) is 3.18. The minimum absolute atomic E-state index is 0.0376. The maximum absolute atomic E-state index is 13.7. The van der Waals surface area contributed by atoms with E-state index in [1.165, 1.54) is 25.0 Å². The third kappa shape index (κ3) is 7.56. The Hall–Kier alpha value is -4.60. The number of hydrogen-bond donors (Lipinski definition) is 1. The van der Waals surface area contributed by atoms with Crippen LogP contribution in [0.25, 0.3) is 0 Å². The summed E-state index contributed by atoms with van der Waals surface area (Å²) in [5, 5.41) is 2.88. The maximum Gasteiger partial charge on any atom is 0.407 e. The van der Waals surface area contributed by atoms with Crippen LogP contribution < -0.4 is 15.5 Å². The van der Waals surface area contributed by atoms with Gasteiger partial charge in [0.2, 0.25) is 5.43 Å². The number of carbonyl (C=O) groups is 3. The van der Waals surface area contributed by atoms with Gasteiger partial charge in [0.25, 0.3) is 0 Å². The standard InChI is InChI=1S/C35H42N2O8/c1-7-8-19-44-31-29(33(40)43-6)37(21-26(30(31)38)32(39)42-5)27(20-36-34(41)45-35(2,3)4)28-24-15-11-9-13-22(24)17-18-23-14-10-12-16-25(23)28/h9-16,21,27-28H,7-8,17-20H2,1-6H3,(H,36,41). The molecule has 10 nitrogen and oxygen atoms in total. The smallest absolute Gasteiger partial charge is 0.407 e. The molecule has 0 saturated heterocycles. The third-order valence-corrected chi connectivity index (χ3v) is 7.76. The van der Waals surface area contributed by atoms with Gasteiger partial charge in [-0.25, -0.2) is 14.4 Å². The lowest BCUT2D eigenvalue weighted by atomic mass is 9.82. The van der Waals surface area contributed by atoms with E-state index in [2.05, 4.69) is 17.4 Å². The lowest BCUT2D eigenvalue weighted by Gasteiger charge is -2.34. The molecule has 1 amide bonds. The van der Waals surface area contributed by atoms with Gasteiger partial charge in [-0.05, 0) is 62.3 Å². The molecule has 45 heavy (non-hydrogen) atoms. The number of hydrogen-bond acceptors (Lipinski definition) is 8. The number of alkyl carbamates (subject to hydrolysis) is 1. The molecule has 10 heteroatoms. The van der Waals surface area contributed by atoms with Crippen molar-refractivity contribution in [1.29, 1.82) is 0 Å². The first-order chi connectivity index (χ1) is 21.5. The number of unbranched alkanes of at least 4 members (excludes halogenated alkanes) is 1. The Morgan fingerprint density at radius 2 is 1.51 bits per heavy atom. The summed E-state index contributed by atoms with van der Waals surface area (Å²) in [6.07, 6.45) is 3.60. The number of rotatable bonds is 10. The molecule has 3 aromatic rings. The molecule has 1 heterocycles. The maximum atomic E-state index is 13.7. The molecule has 240 valence electrons. The molecule has 0 radical (unpaired) electrons. The van der Waals surface area contributed by atoms with Gasteiger partial charge in [0.15, 0.2) is 11.4 Å². The Kier molecular flexibility index (Phi) is 10.7. The number of aryl methyl sites for hydroxylation is 2. The molecule has 0 spiro atoms. The number of nitrogens with zero attached hydrogens (tertiary/aromatic N) is 1. The predicted molar refractivity (Wildman–Crippen MR) is 169 cm³/mol. The zero-order chi connectivity index (χ0) is 32.7. The normalized spacial score (nSPS) is 13.5. The van der Waals surface area contributed by atoms with Crippen molar-refractivity contribution in [1.82, 2.24) is 9.88 Å². The molecule has 0 saturated carbocycles. The first kappa shape index (κ1) is 33.3. The van der Waals surface area contributed by atoms with Gasteiger partial charge in [-0.1, -0.05) is 61.9 Å². The summed E-state index contributed by atoms with van der Waals surface area (Å²) in [5.74, 6) is -2.45. The number of carbonyl (C=O) groups excluding carboxylic acids is 3. The minimum Gasteiger partial charge on any atom is -0.487 e. The van der Waals surface area contributed by atoms with Crippen LogP contribution in [0.3, 0.4) is 0 Å². The molecule has 1 aliphatic rings. The van der Waals surface area contributed by atoms with Gasteiger partial charge < -0.3 is 28.8 Å². The van der Waals surface area contributed by atoms with Crippen LogP contribution in [0, 0.1) is 0 Å². The Morgan fingerprint density at radius 3 is 2.04 bits per heavy atom. The summed E-state index contributed by atoms with van der Waals surface area (Å²) in [5.41, 5.74) is 2.17. The highest BCUT2D eigenvalue weighted by atomic mass is 16.6. The van der Waals surface area contributed by atoms with Crippen LogP contribution in [0.15, 0.2) is 59.5 Å². The molecule has 0 aliphatic heterocycles. The van der Waals surface area contributed by atoms with E-state index in [0.29, 0.717) is 6.42 Å². The van der Waals surface area contributed by atoms with Gasteiger partial charge in [-0.15, -0.1) is 0 Å². The summed E-state index contributed by atoms with van der Waals surface area (Å²) < 4.78 is 23.2. The van der Waals surface area contributed by atoms with Gasteiger partial charge >= 0.3 is 18.0 Å². The van der Waals surface area contributed by atoms with Crippen molar-refractivity contribution in [2.24, 2.45) is 0 Å². The van der Waals surface area contributed by atoms with Crippen LogP contribution in [0.4, 0.5) is 4.79 Å². The van der Waals surface area contributed by atoms with Crippen molar-refractivity contribution in [3.63, 3.8) is 0 Å². The second-order valence-corrected chi connectivity index (χ2v) is 12.0. The van der Waals surface area contributed by atoms with Gasteiger partial charge in [-0.2, -0.15) is 0 Å². The highest BCUT2D eigenvalue weighted by Crippen LogP contribution is 2.42. The number of amides is 1. The van der Waals surface area contributed by atoms with E-state index < -0.39 is 41.0 Å². The van der Waals surface area contributed by atoms with E-state index in [1.54, 1.807) is 20.8 Å². The molecule has 1 unspecified atom stereocenters. The summed E-state index contributed by atoms with van der Waals surface area (Å²) in [6, 6.07) is 15.3. The number of benzene rings is 2. The van der Waals surface area contributed by atoms with Gasteiger partial charge in [0, 0.05) is 18.7 Å². The Bertz CT molecular complexity index is 1560. The number of fused-ring (bicyclic) bond motifs is 2. The number of aromatic nitrogens is 1.